The average Bonchev–Trinajstić information content (AvgIpc) is 3.26. The minimum absolute atomic E-state index is 0.160. The van der Waals surface area contributed by atoms with E-state index < -0.39 is 11.9 Å². The van der Waals surface area contributed by atoms with Crippen LogP contribution in [-0.2, 0) is 19.2 Å². The third-order valence-corrected chi connectivity index (χ3v) is 10.3. The van der Waals surface area contributed by atoms with Crippen molar-refractivity contribution in [1.82, 2.24) is 9.80 Å². The first-order chi connectivity index (χ1) is 28.0. The Morgan fingerprint density at radius 1 is 0.483 bits per heavy atom. The fraction of sp³-hybridized carbons (Fsp3) is 0.391. The van der Waals surface area contributed by atoms with E-state index in [1.807, 2.05) is 84.3 Å². The molecule has 2 unspecified atom stereocenters. The summed E-state index contributed by atoms with van der Waals surface area (Å²) in [4.78, 5) is 57.0. The van der Waals surface area contributed by atoms with Crippen LogP contribution in [0.5, 0.6) is 0 Å². The van der Waals surface area contributed by atoms with E-state index in [0.29, 0.717) is 12.8 Å². The first-order valence-electron chi connectivity index (χ1n) is 20.3. The topological polar surface area (TPSA) is 128 Å². The highest BCUT2D eigenvalue weighted by Gasteiger charge is 2.26. The van der Waals surface area contributed by atoms with Gasteiger partial charge in [0.25, 0.3) is 0 Å². The smallest absolute Gasteiger partial charge is 0.414 e. The van der Waals surface area contributed by atoms with Crippen LogP contribution in [0.1, 0.15) is 40.5 Å². The lowest BCUT2D eigenvalue weighted by atomic mass is 10.1. The molecule has 0 aromatic heterocycles. The van der Waals surface area contributed by atoms with Crippen molar-refractivity contribution in [2.75, 3.05) is 85.0 Å². The molecule has 2 aliphatic rings. The van der Waals surface area contributed by atoms with E-state index in [9.17, 15) is 9.59 Å². The zero-order chi connectivity index (χ0) is 41.9. The predicted octanol–water partition coefficient (Wildman–Crippen LogP) is 6.44. The van der Waals surface area contributed by atoms with Crippen LogP contribution in [0.3, 0.4) is 0 Å². The van der Waals surface area contributed by atoms with Crippen molar-refractivity contribution in [2.45, 2.75) is 52.6 Å². The first kappa shape index (κ1) is 45.0. The number of hydrogen-bond acceptors (Lipinski definition) is 8. The van der Waals surface area contributed by atoms with Crippen LogP contribution in [0.4, 0.5) is 22.7 Å². The molecule has 2 heterocycles. The van der Waals surface area contributed by atoms with Crippen molar-refractivity contribution < 1.29 is 29.4 Å². The van der Waals surface area contributed by atoms with E-state index in [-0.39, 0.29) is 23.9 Å². The largest absolute Gasteiger partial charge is 0.473 e. The van der Waals surface area contributed by atoms with Gasteiger partial charge in [-0.3, -0.25) is 19.4 Å². The summed E-state index contributed by atoms with van der Waals surface area (Å²) >= 11 is 0. The molecule has 310 valence electrons. The van der Waals surface area contributed by atoms with Gasteiger partial charge in [-0.25, -0.2) is 9.59 Å². The number of piperazine rings is 2. The third kappa shape index (κ3) is 13.7. The van der Waals surface area contributed by atoms with E-state index in [0.717, 1.165) is 76.8 Å². The molecule has 2 N–H and O–H groups in total. The van der Waals surface area contributed by atoms with Crippen LogP contribution < -0.4 is 19.6 Å². The van der Waals surface area contributed by atoms with Gasteiger partial charge in [0.2, 0.25) is 11.8 Å². The Balaban J connectivity index is 0.000000225. The monoisotopic (exact) mass is 792 g/mol. The molecule has 4 aromatic rings. The minimum atomic E-state index is -1.82. The summed E-state index contributed by atoms with van der Waals surface area (Å²) in [5, 5.41) is 14.8. The van der Waals surface area contributed by atoms with Crippen LogP contribution in [-0.4, -0.2) is 121 Å². The van der Waals surface area contributed by atoms with Gasteiger partial charge in [0.1, 0.15) is 0 Å². The Labute approximate surface area is 343 Å². The van der Waals surface area contributed by atoms with Crippen molar-refractivity contribution in [3.05, 3.63) is 121 Å². The number of carbonyl (C=O) groups excluding carboxylic acids is 2. The molecular weight excluding hydrogens is 733 g/mol. The number of para-hydroxylation sites is 4. The molecule has 58 heavy (non-hydrogen) atoms. The lowest BCUT2D eigenvalue weighted by Crippen LogP contribution is -2.52. The second kappa shape index (κ2) is 23.5. The van der Waals surface area contributed by atoms with Crippen LogP contribution in [0, 0.1) is 0 Å². The molecule has 2 saturated heterocycles. The highest BCUT2D eigenvalue weighted by atomic mass is 16.4. The second-order valence-corrected chi connectivity index (χ2v) is 14.5. The van der Waals surface area contributed by atoms with Gasteiger partial charge in [0.05, 0.1) is 0 Å². The van der Waals surface area contributed by atoms with E-state index in [2.05, 4.69) is 94.1 Å². The number of benzene rings is 4. The summed E-state index contributed by atoms with van der Waals surface area (Å²) in [6.45, 7) is 18.2. The number of hydrogen-bond donors (Lipinski definition) is 2. The van der Waals surface area contributed by atoms with Gasteiger partial charge in [-0.05, 0) is 62.4 Å². The van der Waals surface area contributed by atoms with Gasteiger partial charge in [-0.2, -0.15) is 0 Å². The number of carbonyl (C=O) groups is 4. The Kier molecular flexibility index (Phi) is 18.2. The Hall–Kier alpha value is -5.72. The zero-order valence-corrected chi connectivity index (χ0v) is 34.4. The van der Waals surface area contributed by atoms with Crippen molar-refractivity contribution in [3.8, 4) is 0 Å². The number of carboxylic acid groups (broad SMARTS) is 2. The molecule has 2 atom stereocenters. The molecule has 0 bridgehead atoms. The van der Waals surface area contributed by atoms with E-state index in [1.165, 1.54) is 11.4 Å². The van der Waals surface area contributed by atoms with Crippen molar-refractivity contribution in [3.63, 3.8) is 0 Å². The number of amides is 2. The van der Waals surface area contributed by atoms with Crippen LogP contribution in [0.25, 0.3) is 0 Å². The van der Waals surface area contributed by atoms with E-state index >= 15 is 0 Å². The Bertz CT molecular complexity index is 1680. The number of aliphatic carboxylic acids is 2. The number of nitrogens with zero attached hydrogens (tertiary/aromatic N) is 6. The van der Waals surface area contributed by atoms with Gasteiger partial charge < -0.3 is 29.8 Å². The first-order valence-corrected chi connectivity index (χ1v) is 20.3. The molecule has 2 amide bonds. The summed E-state index contributed by atoms with van der Waals surface area (Å²) < 4.78 is 0. The van der Waals surface area contributed by atoms with Gasteiger partial charge in [-0.1, -0.05) is 86.6 Å². The predicted molar refractivity (Wildman–Crippen MR) is 233 cm³/mol. The van der Waals surface area contributed by atoms with Crippen LogP contribution in [0.2, 0.25) is 0 Å². The summed E-state index contributed by atoms with van der Waals surface area (Å²) in [7, 11) is 0. The van der Waals surface area contributed by atoms with Gasteiger partial charge in [0, 0.05) is 113 Å². The molecule has 0 spiro atoms. The Morgan fingerprint density at radius 2 is 0.759 bits per heavy atom. The maximum Gasteiger partial charge on any atom is 0.414 e. The molecular formula is C46H60N6O6. The molecule has 12 nitrogen and oxygen atoms in total. The van der Waals surface area contributed by atoms with Crippen molar-refractivity contribution in [1.29, 1.82) is 0 Å². The maximum atomic E-state index is 12.5. The van der Waals surface area contributed by atoms with Gasteiger partial charge in [-0.15, -0.1) is 0 Å². The highest BCUT2D eigenvalue weighted by Crippen LogP contribution is 2.22. The number of anilines is 4. The van der Waals surface area contributed by atoms with E-state index in [4.69, 9.17) is 19.8 Å². The molecule has 6 rings (SSSR count). The fourth-order valence-corrected chi connectivity index (χ4v) is 7.37. The van der Waals surface area contributed by atoms with Crippen LogP contribution in [0.15, 0.2) is 121 Å². The summed E-state index contributed by atoms with van der Waals surface area (Å²) in [5.41, 5.74) is 4.59. The molecule has 2 fully saturated rings. The lowest BCUT2D eigenvalue weighted by Gasteiger charge is -2.39. The van der Waals surface area contributed by atoms with Crippen molar-refractivity contribution in [2.24, 2.45) is 0 Å². The zero-order valence-electron chi connectivity index (χ0n) is 34.4. The normalized spacial score (nSPS) is 15.4. The average molecular weight is 793 g/mol. The summed E-state index contributed by atoms with van der Waals surface area (Å²) in [5.74, 6) is -3.27. The Morgan fingerprint density at radius 3 is 1.02 bits per heavy atom. The van der Waals surface area contributed by atoms with Gasteiger partial charge in [0.15, 0.2) is 0 Å². The van der Waals surface area contributed by atoms with Gasteiger partial charge >= 0.3 is 11.9 Å². The quantitative estimate of drug-likeness (QED) is 0.155. The third-order valence-electron chi connectivity index (χ3n) is 10.3. The molecule has 12 heteroatoms. The second-order valence-electron chi connectivity index (χ2n) is 14.5. The molecule has 0 saturated carbocycles. The summed E-state index contributed by atoms with van der Waals surface area (Å²) in [6, 6.07) is 41.6. The molecule has 4 aromatic carbocycles. The fourth-order valence-electron chi connectivity index (χ4n) is 7.37. The SMILES string of the molecule is CCC(=O)N(c1ccccc1)C(C)CN1CCN(c2ccccc2)CC1.CCC(=O)N(c1ccccc1)C(C)CN1CCN(c2ccccc2)CC1.O=C(O)C(=O)O. The van der Waals surface area contributed by atoms with E-state index in [1.54, 1.807) is 0 Å². The molecule has 2 aliphatic heterocycles. The highest BCUT2D eigenvalue weighted by molar-refractivity contribution is 6.27. The number of carboxylic acids is 2. The molecule has 0 aliphatic carbocycles. The maximum absolute atomic E-state index is 12.5. The number of rotatable bonds is 12. The van der Waals surface area contributed by atoms with Crippen LogP contribution >= 0.6 is 0 Å². The van der Waals surface area contributed by atoms with Crippen molar-refractivity contribution >= 4 is 46.5 Å². The minimum Gasteiger partial charge on any atom is -0.473 e. The lowest BCUT2D eigenvalue weighted by molar-refractivity contribution is -0.159. The molecule has 0 radical (unpaired) electrons. The standard InChI is InChI=1S/2C22H29N3O.C2H2O4/c2*1-3-22(26)25(21-12-8-5-9-13-21)19(2)18-23-14-16-24(17-15-23)20-10-6-4-7-11-20;3-1(4)2(5)6/h2*4-13,19H,3,14-18H2,1-2H3;(H,3,4)(H,5,6). The summed E-state index contributed by atoms with van der Waals surface area (Å²) in [6.07, 6.45) is 1.06.